The highest BCUT2D eigenvalue weighted by Gasteiger charge is 2.36. The summed E-state index contributed by atoms with van der Waals surface area (Å²) in [6.07, 6.45) is 2.06. The second-order valence-electron chi connectivity index (χ2n) is 10.2. The van der Waals surface area contributed by atoms with Crippen molar-refractivity contribution in [2.24, 2.45) is 0 Å². The molecule has 39 heavy (non-hydrogen) atoms. The van der Waals surface area contributed by atoms with E-state index in [2.05, 4.69) is 60.3 Å². The SMILES string of the molecule is Cc1nn(-c2ccccc2)c2c1CN(C(=O)Nc1cccc(Cl)c1)[C@@H](c1ccc(C(C)C)cc1)c1cccn1-2. The second kappa shape index (κ2) is 10.1. The second-order valence-corrected chi connectivity index (χ2v) is 10.7. The number of anilines is 1. The molecule has 2 aromatic heterocycles. The number of fused-ring (bicyclic) bond motifs is 3. The van der Waals surface area contributed by atoms with E-state index in [1.165, 1.54) is 5.56 Å². The number of rotatable bonds is 4. The molecule has 1 aliphatic rings. The van der Waals surface area contributed by atoms with E-state index in [1.54, 1.807) is 12.1 Å². The molecular formula is C32H30ClN5O. The fourth-order valence-electron chi connectivity index (χ4n) is 5.32. The minimum Gasteiger partial charge on any atom is -0.308 e. The van der Waals surface area contributed by atoms with E-state index >= 15 is 0 Å². The Morgan fingerprint density at radius 1 is 0.974 bits per heavy atom. The van der Waals surface area contributed by atoms with Crippen LogP contribution in [0.15, 0.2) is 97.2 Å². The average molecular weight is 536 g/mol. The van der Waals surface area contributed by atoms with Crippen molar-refractivity contribution < 1.29 is 4.79 Å². The molecule has 7 heteroatoms. The minimum atomic E-state index is -0.323. The van der Waals surface area contributed by atoms with Gasteiger partial charge in [0.25, 0.3) is 0 Å². The van der Waals surface area contributed by atoms with Crippen LogP contribution in [0.5, 0.6) is 0 Å². The molecule has 0 fully saturated rings. The van der Waals surface area contributed by atoms with E-state index in [-0.39, 0.29) is 12.1 Å². The molecule has 0 spiro atoms. The fraction of sp³-hybridized carbons (Fsp3) is 0.188. The summed E-state index contributed by atoms with van der Waals surface area (Å²) in [6, 6.07) is 29.6. The highest BCUT2D eigenvalue weighted by Crippen LogP contribution is 2.39. The quantitative estimate of drug-likeness (QED) is 0.254. The number of nitrogens with zero attached hydrogens (tertiary/aromatic N) is 4. The predicted molar refractivity (Wildman–Crippen MR) is 156 cm³/mol. The Balaban J connectivity index is 1.52. The first-order valence-corrected chi connectivity index (χ1v) is 13.5. The lowest BCUT2D eigenvalue weighted by molar-refractivity contribution is 0.194. The molecule has 0 saturated heterocycles. The maximum atomic E-state index is 14.1. The van der Waals surface area contributed by atoms with E-state index in [9.17, 15) is 4.79 Å². The number of halogens is 1. The molecule has 0 saturated carbocycles. The number of aromatic nitrogens is 3. The summed E-state index contributed by atoms with van der Waals surface area (Å²) in [5.41, 5.74) is 6.79. The summed E-state index contributed by atoms with van der Waals surface area (Å²) in [4.78, 5) is 16.0. The smallest absolute Gasteiger partial charge is 0.308 e. The predicted octanol–water partition coefficient (Wildman–Crippen LogP) is 7.89. The van der Waals surface area contributed by atoms with Crippen LogP contribution in [0.4, 0.5) is 10.5 Å². The Bertz CT molecular complexity index is 1640. The molecule has 2 amide bonds. The van der Waals surface area contributed by atoms with Gasteiger partial charge in [0.2, 0.25) is 0 Å². The monoisotopic (exact) mass is 535 g/mol. The number of nitrogens with one attached hydrogen (secondary N) is 1. The van der Waals surface area contributed by atoms with Gasteiger partial charge in [-0.15, -0.1) is 0 Å². The Morgan fingerprint density at radius 3 is 2.46 bits per heavy atom. The largest absolute Gasteiger partial charge is 0.322 e. The third kappa shape index (κ3) is 4.61. The Labute approximate surface area is 233 Å². The Hall–Kier alpha value is -4.29. The van der Waals surface area contributed by atoms with Gasteiger partial charge in [0.15, 0.2) is 0 Å². The molecule has 3 aromatic carbocycles. The molecule has 0 unspecified atom stereocenters. The van der Waals surface area contributed by atoms with Gasteiger partial charge in [-0.1, -0.05) is 74.0 Å². The maximum Gasteiger partial charge on any atom is 0.322 e. The van der Waals surface area contributed by atoms with Gasteiger partial charge in [-0.25, -0.2) is 9.48 Å². The third-order valence-corrected chi connectivity index (χ3v) is 7.58. The Morgan fingerprint density at radius 2 is 1.74 bits per heavy atom. The number of hydrogen-bond donors (Lipinski definition) is 1. The van der Waals surface area contributed by atoms with Crippen LogP contribution in [-0.4, -0.2) is 25.3 Å². The van der Waals surface area contributed by atoms with Crippen LogP contribution in [0.3, 0.4) is 0 Å². The molecule has 0 bridgehead atoms. The topological polar surface area (TPSA) is 55.1 Å². The zero-order valence-corrected chi connectivity index (χ0v) is 22.9. The van der Waals surface area contributed by atoms with Crippen LogP contribution in [0, 0.1) is 6.92 Å². The van der Waals surface area contributed by atoms with Crippen LogP contribution in [0.25, 0.3) is 11.5 Å². The lowest BCUT2D eigenvalue weighted by atomic mass is 9.97. The normalized spacial score (nSPS) is 14.6. The summed E-state index contributed by atoms with van der Waals surface area (Å²) in [5.74, 6) is 1.36. The number of aryl methyl sites for hydroxylation is 1. The van der Waals surface area contributed by atoms with Crippen molar-refractivity contribution in [3.05, 3.63) is 130 Å². The summed E-state index contributed by atoms with van der Waals surface area (Å²) in [7, 11) is 0. The molecule has 1 aliphatic heterocycles. The van der Waals surface area contributed by atoms with Crippen molar-refractivity contribution >= 4 is 23.3 Å². The van der Waals surface area contributed by atoms with Crippen molar-refractivity contribution in [3.63, 3.8) is 0 Å². The van der Waals surface area contributed by atoms with Gasteiger partial charge in [0.1, 0.15) is 5.82 Å². The lowest BCUT2D eigenvalue weighted by Gasteiger charge is -2.31. The van der Waals surface area contributed by atoms with Gasteiger partial charge in [0, 0.05) is 22.5 Å². The fourth-order valence-corrected chi connectivity index (χ4v) is 5.52. The summed E-state index contributed by atoms with van der Waals surface area (Å²) >= 11 is 6.23. The van der Waals surface area contributed by atoms with Gasteiger partial charge in [-0.2, -0.15) is 5.10 Å². The van der Waals surface area contributed by atoms with E-state index < -0.39 is 0 Å². The Kier molecular flexibility index (Phi) is 6.49. The molecule has 0 radical (unpaired) electrons. The van der Waals surface area contributed by atoms with Crippen LogP contribution < -0.4 is 5.32 Å². The van der Waals surface area contributed by atoms with Gasteiger partial charge in [0.05, 0.1) is 29.7 Å². The minimum absolute atomic E-state index is 0.206. The zero-order chi connectivity index (χ0) is 27.1. The summed E-state index contributed by atoms with van der Waals surface area (Å²) in [6.45, 7) is 6.77. The molecule has 1 N–H and O–H groups in total. The van der Waals surface area contributed by atoms with Crippen LogP contribution in [0.1, 0.15) is 53.9 Å². The van der Waals surface area contributed by atoms with Gasteiger partial charge < -0.3 is 14.8 Å². The first-order chi connectivity index (χ1) is 18.9. The van der Waals surface area contributed by atoms with Crippen molar-refractivity contribution in [1.29, 1.82) is 0 Å². The van der Waals surface area contributed by atoms with Crippen LogP contribution in [-0.2, 0) is 6.54 Å². The van der Waals surface area contributed by atoms with E-state index in [1.807, 2.05) is 65.0 Å². The molecule has 196 valence electrons. The highest BCUT2D eigenvalue weighted by atomic mass is 35.5. The molecule has 0 aliphatic carbocycles. The van der Waals surface area contributed by atoms with E-state index in [0.717, 1.165) is 34.0 Å². The number of amides is 2. The number of hydrogen-bond acceptors (Lipinski definition) is 2. The third-order valence-electron chi connectivity index (χ3n) is 7.34. The van der Waals surface area contributed by atoms with Crippen molar-refractivity contribution in [3.8, 4) is 11.5 Å². The van der Waals surface area contributed by atoms with Crippen LogP contribution >= 0.6 is 11.6 Å². The van der Waals surface area contributed by atoms with E-state index in [4.69, 9.17) is 16.7 Å². The highest BCUT2D eigenvalue weighted by molar-refractivity contribution is 6.30. The number of carbonyl (C=O) groups is 1. The maximum absolute atomic E-state index is 14.1. The molecule has 6 rings (SSSR count). The standard InChI is InChI=1S/C32H30ClN5O/c1-21(2)23-14-16-24(17-15-23)30-29-13-8-18-36(29)31-28(22(3)35-38(31)27-11-5-4-6-12-27)20-37(30)32(39)34-26-10-7-9-25(33)19-26/h4-19,21,30H,20H2,1-3H3,(H,34,39)/t30-/m0/s1. The molecule has 3 heterocycles. The first kappa shape index (κ1) is 25.0. The first-order valence-electron chi connectivity index (χ1n) is 13.2. The van der Waals surface area contributed by atoms with Crippen LogP contribution in [0.2, 0.25) is 5.02 Å². The van der Waals surface area contributed by atoms with Crippen molar-refractivity contribution in [2.45, 2.75) is 39.3 Å². The molecule has 6 nitrogen and oxygen atoms in total. The molecule has 1 atom stereocenters. The van der Waals surface area contributed by atoms with Gasteiger partial charge in [-0.3, -0.25) is 0 Å². The number of urea groups is 1. The van der Waals surface area contributed by atoms with Crippen molar-refractivity contribution in [1.82, 2.24) is 19.2 Å². The lowest BCUT2D eigenvalue weighted by Crippen LogP contribution is -2.38. The average Bonchev–Trinajstić information content (AvgIpc) is 3.49. The summed E-state index contributed by atoms with van der Waals surface area (Å²) in [5, 5.41) is 8.58. The molecular weight excluding hydrogens is 506 g/mol. The van der Waals surface area contributed by atoms with Gasteiger partial charge >= 0.3 is 6.03 Å². The number of benzene rings is 3. The number of carbonyl (C=O) groups excluding carboxylic acids is 1. The summed E-state index contributed by atoms with van der Waals surface area (Å²) < 4.78 is 4.15. The molecule has 5 aromatic rings. The van der Waals surface area contributed by atoms with E-state index in [0.29, 0.717) is 23.2 Å². The zero-order valence-electron chi connectivity index (χ0n) is 22.2. The van der Waals surface area contributed by atoms with Crippen molar-refractivity contribution in [2.75, 3.05) is 5.32 Å². The number of para-hydroxylation sites is 1. The van der Waals surface area contributed by atoms with Gasteiger partial charge in [-0.05, 0) is 66.4 Å².